The van der Waals surface area contributed by atoms with Crippen molar-refractivity contribution in [3.63, 3.8) is 0 Å². The number of hydrogen-bond acceptors (Lipinski definition) is 4. The molecule has 2 heterocycles. The molecule has 0 spiro atoms. The molecule has 2 aromatic heterocycles. The smallest absolute Gasteiger partial charge is 0.262 e. The van der Waals surface area contributed by atoms with Gasteiger partial charge in [-0.3, -0.25) is 9.36 Å². The van der Waals surface area contributed by atoms with Crippen molar-refractivity contribution in [2.75, 3.05) is 0 Å². The van der Waals surface area contributed by atoms with Crippen LogP contribution in [-0.2, 0) is 13.0 Å². The van der Waals surface area contributed by atoms with Crippen LogP contribution in [0.1, 0.15) is 18.2 Å². The van der Waals surface area contributed by atoms with Gasteiger partial charge in [-0.1, -0.05) is 19.1 Å². The molecule has 2 aromatic rings. The Kier molecular flexibility index (Phi) is 3.54. The normalized spacial score (nSPS) is 10.9. The quantitative estimate of drug-likeness (QED) is 0.856. The van der Waals surface area contributed by atoms with Gasteiger partial charge in [-0.15, -0.1) is 11.3 Å². The summed E-state index contributed by atoms with van der Waals surface area (Å²) in [6.45, 7) is 2.56. The summed E-state index contributed by atoms with van der Waals surface area (Å²) in [5.41, 5.74) is 5.41. The van der Waals surface area contributed by atoms with E-state index in [1.807, 2.05) is 6.07 Å². The first-order valence-electron chi connectivity index (χ1n) is 5.38. The molecule has 0 aromatic carbocycles. The molecule has 0 amide bonds. The number of fused-ring (bicyclic) bond motifs is 1. The van der Waals surface area contributed by atoms with Crippen molar-refractivity contribution in [1.29, 1.82) is 0 Å². The molecular weight excluding hydrogens is 254 g/mol. The van der Waals surface area contributed by atoms with E-state index in [9.17, 15) is 4.79 Å². The van der Waals surface area contributed by atoms with Gasteiger partial charge in [0.05, 0.1) is 16.7 Å². The fourth-order valence-corrected chi connectivity index (χ4v) is 2.59. The second kappa shape index (κ2) is 4.93. The van der Waals surface area contributed by atoms with Crippen LogP contribution in [0, 0.1) is 0 Å². The van der Waals surface area contributed by atoms with Crippen LogP contribution in [0.3, 0.4) is 0 Å². The minimum atomic E-state index is -0.0119. The van der Waals surface area contributed by atoms with Crippen LogP contribution in [0.25, 0.3) is 10.2 Å². The van der Waals surface area contributed by atoms with E-state index in [-0.39, 0.29) is 5.56 Å². The molecule has 0 fully saturated rings. The van der Waals surface area contributed by atoms with Crippen molar-refractivity contribution >= 4 is 38.8 Å². The number of aryl methyl sites for hydroxylation is 2. The fraction of sp³-hybridized carbons (Fsp3) is 0.364. The summed E-state index contributed by atoms with van der Waals surface area (Å²) in [5, 5.41) is 0.692. The molecule has 0 radical (unpaired) electrons. The van der Waals surface area contributed by atoms with Gasteiger partial charge in [0.1, 0.15) is 4.83 Å². The van der Waals surface area contributed by atoms with Crippen molar-refractivity contribution in [3.05, 3.63) is 27.6 Å². The predicted molar refractivity (Wildman–Crippen MR) is 74.7 cm³/mol. The molecule has 4 nitrogen and oxygen atoms in total. The molecule has 17 heavy (non-hydrogen) atoms. The molecule has 0 unspecified atom stereocenters. The highest BCUT2D eigenvalue weighted by molar-refractivity contribution is 7.80. The van der Waals surface area contributed by atoms with Crippen LogP contribution in [-0.4, -0.2) is 14.5 Å². The third-order valence-corrected chi connectivity index (χ3v) is 3.91. The lowest BCUT2D eigenvalue weighted by molar-refractivity contribution is 0.688. The molecule has 90 valence electrons. The third kappa shape index (κ3) is 2.53. The molecular formula is C11H13N3OS2. The Bertz CT molecular complexity index is 615. The lowest BCUT2D eigenvalue weighted by atomic mass is 10.3. The van der Waals surface area contributed by atoms with Gasteiger partial charge in [0, 0.05) is 17.8 Å². The van der Waals surface area contributed by atoms with E-state index in [0.717, 1.165) is 11.3 Å². The van der Waals surface area contributed by atoms with Crippen molar-refractivity contribution in [2.45, 2.75) is 26.3 Å². The first kappa shape index (κ1) is 12.2. The Balaban J connectivity index is 2.42. The molecule has 0 bridgehead atoms. The average Bonchev–Trinajstić information content (AvgIpc) is 2.72. The van der Waals surface area contributed by atoms with Gasteiger partial charge in [0.15, 0.2) is 0 Å². The van der Waals surface area contributed by atoms with Crippen molar-refractivity contribution in [1.82, 2.24) is 9.55 Å². The third-order valence-electron chi connectivity index (χ3n) is 2.52. The SMILES string of the molecule is CCc1cc2c(=O)n(CCC(N)=S)cnc2s1. The van der Waals surface area contributed by atoms with Crippen LogP contribution in [0.4, 0.5) is 0 Å². The van der Waals surface area contributed by atoms with E-state index in [2.05, 4.69) is 11.9 Å². The molecule has 2 N–H and O–H groups in total. The Morgan fingerprint density at radius 3 is 3.06 bits per heavy atom. The van der Waals surface area contributed by atoms with Crippen molar-refractivity contribution in [2.24, 2.45) is 5.73 Å². The number of hydrogen-bond donors (Lipinski definition) is 1. The first-order chi connectivity index (χ1) is 8.11. The molecule has 0 aliphatic rings. The van der Waals surface area contributed by atoms with Gasteiger partial charge in [-0.2, -0.15) is 0 Å². The zero-order valence-electron chi connectivity index (χ0n) is 9.47. The number of thiophene rings is 1. The molecule has 0 atom stereocenters. The van der Waals surface area contributed by atoms with Gasteiger partial charge < -0.3 is 5.73 Å². The Morgan fingerprint density at radius 2 is 2.41 bits per heavy atom. The summed E-state index contributed by atoms with van der Waals surface area (Å²) in [6, 6.07) is 1.92. The summed E-state index contributed by atoms with van der Waals surface area (Å²) in [4.78, 5) is 18.8. The topological polar surface area (TPSA) is 60.9 Å². The number of nitrogens with two attached hydrogens (primary N) is 1. The minimum Gasteiger partial charge on any atom is -0.393 e. The van der Waals surface area contributed by atoms with E-state index in [4.69, 9.17) is 18.0 Å². The average molecular weight is 267 g/mol. The minimum absolute atomic E-state index is 0.0119. The monoisotopic (exact) mass is 267 g/mol. The largest absolute Gasteiger partial charge is 0.393 e. The highest BCUT2D eigenvalue weighted by Gasteiger charge is 2.08. The highest BCUT2D eigenvalue weighted by Crippen LogP contribution is 2.20. The highest BCUT2D eigenvalue weighted by atomic mass is 32.1. The van der Waals surface area contributed by atoms with Gasteiger partial charge in [-0.05, 0) is 12.5 Å². The van der Waals surface area contributed by atoms with Gasteiger partial charge in [-0.25, -0.2) is 4.98 Å². The zero-order valence-corrected chi connectivity index (χ0v) is 11.1. The van der Waals surface area contributed by atoms with Crippen LogP contribution in [0.15, 0.2) is 17.2 Å². The summed E-state index contributed by atoms with van der Waals surface area (Å²) in [7, 11) is 0. The standard InChI is InChI=1S/C11H13N3OS2/c1-2-7-5-8-10(17-7)13-6-14(11(8)15)4-3-9(12)16/h5-6H,2-4H2,1H3,(H2,12,16). The number of rotatable bonds is 4. The van der Waals surface area contributed by atoms with Crippen molar-refractivity contribution < 1.29 is 0 Å². The van der Waals surface area contributed by atoms with Crippen LogP contribution in [0.5, 0.6) is 0 Å². The van der Waals surface area contributed by atoms with Crippen LogP contribution in [0.2, 0.25) is 0 Å². The summed E-state index contributed by atoms with van der Waals surface area (Å²) in [6.07, 6.45) is 3.01. The maximum Gasteiger partial charge on any atom is 0.262 e. The first-order valence-corrected chi connectivity index (χ1v) is 6.60. The summed E-state index contributed by atoms with van der Waals surface area (Å²) in [5.74, 6) is 0. The Hall–Kier alpha value is -1.27. The fourth-order valence-electron chi connectivity index (χ4n) is 1.57. The van der Waals surface area contributed by atoms with E-state index in [1.54, 1.807) is 22.2 Å². The number of nitrogens with zero attached hydrogens (tertiary/aromatic N) is 2. The van der Waals surface area contributed by atoms with Gasteiger partial charge >= 0.3 is 0 Å². The van der Waals surface area contributed by atoms with Gasteiger partial charge in [0.2, 0.25) is 0 Å². The van der Waals surface area contributed by atoms with E-state index >= 15 is 0 Å². The molecule has 2 rings (SSSR count). The van der Waals surface area contributed by atoms with E-state index < -0.39 is 0 Å². The van der Waals surface area contributed by atoms with E-state index in [0.29, 0.717) is 23.3 Å². The number of aromatic nitrogens is 2. The summed E-state index contributed by atoms with van der Waals surface area (Å²) >= 11 is 6.37. The van der Waals surface area contributed by atoms with E-state index in [1.165, 1.54) is 4.88 Å². The number of thiocarbonyl (C=S) groups is 1. The van der Waals surface area contributed by atoms with Gasteiger partial charge in [0.25, 0.3) is 5.56 Å². The second-order valence-corrected chi connectivity index (χ2v) is 5.38. The zero-order chi connectivity index (χ0) is 12.4. The molecule has 0 aliphatic heterocycles. The lowest BCUT2D eigenvalue weighted by Gasteiger charge is -2.03. The molecule has 0 aliphatic carbocycles. The molecule has 6 heteroatoms. The lowest BCUT2D eigenvalue weighted by Crippen LogP contribution is -2.22. The molecule has 0 saturated heterocycles. The predicted octanol–water partition coefficient (Wildman–Crippen LogP) is 1.70. The van der Waals surface area contributed by atoms with Crippen molar-refractivity contribution in [3.8, 4) is 0 Å². The second-order valence-electron chi connectivity index (χ2n) is 3.74. The Labute approximate surface area is 108 Å². The maximum atomic E-state index is 12.1. The van der Waals surface area contributed by atoms with Crippen LogP contribution < -0.4 is 11.3 Å². The Morgan fingerprint density at radius 1 is 1.65 bits per heavy atom. The summed E-state index contributed by atoms with van der Waals surface area (Å²) < 4.78 is 1.56. The molecule has 0 saturated carbocycles. The van der Waals surface area contributed by atoms with Crippen LogP contribution >= 0.6 is 23.6 Å². The maximum absolute atomic E-state index is 12.1.